The number of amides is 4. The van der Waals surface area contributed by atoms with Gasteiger partial charge in [-0.05, 0) is 6.92 Å². The Morgan fingerprint density at radius 2 is 2.08 bits per heavy atom. The quantitative estimate of drug-likeness (QED) is 0.457. The molecule has 0 aromatic carbocycles. The molecule has 1 unspecified atom stereocenters. The minimum atomic E-state index is -0.881. The standard InChI is InChI=1S/C7H10N2O4/c1-4(13-2)3-9-6(11)5(10)8-7(9)12/h4H,3H2,1-2H3,(H,8,10,12). The molecule has 1 fully saturated rings. The van der Waals surface area contributed by atoms with Crippen LogP contribution in [0, 0.1) is 0 Å². The number of carbonyl (C=O) groups is 3. The zero-order valence-electron chi connectivity index (χ0n) is 7.36. The molecular formula is C7H10N2O4. The van der Waals surface area contributed by atoms with Crippen molar-refractivity contribution in [2.45, 2.75) is 13.0 Å². The van der Waals surface area contributed by atoms with E-state index in [-0.39, 0.29) is 12.6 Å². The van der Waals surface area contributed by atoms with Crippen molar-refractivity contribution in [2.24, 2.45) is 0 Å². The Morgan fingerprint density at radius 1 is 1.46 bits per heavy atom. The van der Waals surface area contributed by atoms with Crippen LogP contribution < -0.4 is 5.32 Å². The van der Waals surface area contributed by atoms with Gasteiger partial charge in [0.25, 0.3) is 0 Å². The fraction of sp³-hybridized carbons (Fsp3) is 0.571. The molecule has 1 rings (SSSR count). The Hall–Kier alpha value is -1.43. The molecule has 0 saturated carbocycles. The van der Waals surface area contributed by atoms with Crippen LogP contribution in [0.3, 0.4) is 0 Å². The molecule has 1 atom stereocenters. The number of methoxy groups -OCH3 is 1. The molecule has 1 aliphatic rings. The minimum Gasteiger partial charge on any atom is -0.380 e. The first-order chi connectivity index (χ1) is 6.06. The smallest absolute Gasteiger partial charge is 0.331 e. The molecule has 1 heterocycles. The van der Waals surface area contributed by atoms with Gasteiger partial charge in [0.15, 0.2) is 0 Å². The van der Waals surface area contributed by atoms with Crippen molar-refractivity contribution >= 4 is 17.8 Å². The lowest BCUT2D eigenvalue weighted by Crippen LogP contribution is -2.37. The van der Waals surface area contributed by atoms with Crippen LogP contribution in [0.15, 0.2) is 0 Å². The van der Waals surface area contributed by atoms with Gasteiger partial charge in [0.2, 0.25) is 0 Å². The molecule has 1 N–H and O–H groups in total. The summed E-state index contributed by atoms with van der Waals surface area (Å²) in [6, 6.07) is -0.682. The molecule has 0 bridgehead atoms. The van der Waals surface area contributed by atoms with E-state index in [9.17, 15) is 14.4 Å². The molecule has 0 aliphatic carbocycles. The number of nitrogens with one attached hydrogen (secondary N) is 1. The van der Waals surface area contributed by atoms with Crippen LogP contribution in [0.2, 0.25) is 0 Å². The van der Waals surface area contributed by atoms with E-state index in [1.807, 2.05) is 5.32 Å². The largest absolute Gasteiger partial charge is 0.380 e. The summed E-state index contributed by atoms with van der Waals surface area (Å²) in [7, 11) is 1.46. The summed E-state index contributed by atoms with van der Waals surface area (Å²) < 4.78 is 4.86. The van der Waals surface area contributed by atoms with E-state index in [4.69, 9.17) is 4.74 Å². The predicted molar refractivity (Wildman–Crippen MR) is 41.7 cm³/mol. The summed E-state index contributed by atoms with van der Waals surface area (Å²) in [4.78, 5) is 33.5. The number of urea groups is 1. The van der Waals surface area contributed by atoms with Crippen LogP contribution in [0.1, 0.15) is 6.92 Å². The average molecular weight is 186 g/mol. The van der Waals surface area contributed by atoms with Gasteiger partial charge in [-0.1, -0.05) is 0 Å². The Morgan fingerprint density at radius 3 is 2.46 bits per heavy atom. The van der Waals surface area contributed by atoms with E-state index < -0.39 is 17.8 Å². The molecule has 4 amide bonds. The first-order valence-electron chi connectivity index (χ1n) is 3.76. The predicted octanol–water partition coefficient (Wildman–Crippen LogP) is -0.900. The highest BCUT2D eigenvalue weighted by molar-refractivity contribution is 6.44. The monoisotopic (exact) mass is 186 g/mol. The fourth-order valence-electron chi connectivity index (χ4n) is 0.930. The minimum absolute atomic E-state index is 0.0902. The molecular weight excluding hydrogens is 176 g/mol. The molecule has 6 heteroatoms. The Bertz CT molecular complexity index is 263. The number of rotatable bonds is 3. The number of carbonyl (C=O) groups excluding carboxylic acids is 3. The van der Waals surface area contributed by atoms with Crippen molar-refractivity contribution in [1.82, 2.24) is 10.2 Å². The Balaban J connectivity index is 2.64. The molecule has 0 aromatic heterocycles. The number of imide groups is 2. The van der Waals surface area contributed by atoms with Crippen LogP contribution in [0.4, 0.5) is 4.79 Å². The van der Waals surface area contributed by atoms with E-state index in [2.05, 4.69) is 0 Å². The second kappa shape index (κ2) is 3.53. The summed E-state index contributed by atoms with van der Waals surface area (Å²) in [5.74, 6) is -1.71. The molecule has 1 aliphatic heterocycles. The molecule has 1 saturated heterocycles. The molecule has 72 valence electrons. The lowest BCUT2D eigenvalue weighted by atomic mass is 10.3. The molecule has 0 spiro atoms. The van der Waals surface area contributed by atoms with Gasteiger partial charge < -0.3 is 4.74 Å². The van der Waals surface area contributed by atoms with E-state index in [0.29, 0.717) is 0 Å². The van der Waals surface area contributed by atoms with Crippen LogP contribution in [-0.4, -0.2) is 42.5 Å². The van der Waals surface area contributed by atoms with Gasteiger partial charge in [0.05, 0.1) is 12.6 Å². The maximum atomic E-state index is 11.0. The maximum Gasteiger partial charge on any atom is 0.331 e. The third kappa shape index (κ3) is 1.83. The molecule has 13 heavy (non-hydrogen) atoms. The highest BCUT2D eigenvalue weighted by Gasteiger charge is 2.37. The van der Waals surface area contributed by atoms with Gasteiger partial charge in [-0.15, -0.1) is 0 Å². The zero-order valence-corrected chi connectivity index (χ0v) is 7.36. The van der Waals surface area contributed by atoms with Crippen molar-refractivity contribution in [3.05, 3.63) is 0 Å². The van der Waals surface area contributed by atoms with E-state index >= 15 is 0 Å². The summed E-state index contributed by atoms with van der Waals surface area (Å²) in [5, 5.41) is 1.89. The van der Waals surface area contributed by atoms with Gasteiger partial charge in [0.1, 0.15) is 0 Å². The summed E-state index contributed by atoms with van der Waals surface area (Å²) >= 11 is 0. The third-order valence-electron chi connectivity index (χ3n) is 1.75. The Labute approximate surface area is 74.8 Å². The number of ether oxygens (including phenoxy) is 1. The van der Waals surface area contributed by atoms with Crippen molar-refractivity contribution in [3.8, 4) is 0 Å². The summed E-state index contributed by atoms with van der Waals surface area (Å²) in [6.45, 7) is 1.79. The maximum absolute atomic E-state index is 11.0. The van der Waals surface area contributed by atoms with Gasteiger partial charge in [-0.2, -0.15) is 0 Å². The molecule has 0 aromatic rings. The van der Waals surface area contributed by atoms with E-state index in [0.717, 1.165) is 4.90 Å². The first kappa shape index (κ1) is 9.66. The van der Waals surface area contributed by atoms with Crippen molar-refractivity contribution in [1.29, 1.82) is 0 Å². The third-order valence-corrected chi connectivity index (χ3v) is 1.75. The van der Waals surface area contributed by atoms with Gasteiger partial charge in [0, 0.05) is 7.11 Å². The second-order valence-corrected chi connectivity index (χ2v) is 2.72. The lowest BCUT2D eigenvalue weighted by Gasteiger charge is -2.15. The summed E-state index contributed by atoms with van der Waals surface area (Å²) in [6.07, 6.45) is -0.277. The highest BCUT2D eigenvalue weighted by Crippen LogP contribution is 2.02. The number of hydrogen-bond acceptors (Lipinski definition) is 4. The van der Waals surface area contributed by atoms with Crippen molar-refractivity contribution < 1.29 is 19.1 Å². The normalized spacial score (nSPS) is 19.2. The molecule has 0 radical (unpaired) electrons. The SMILES string of the molecule is COC(C)CN1C(=O)NC(=O)C1=O. The van der Waals surface area contributed by atoms with Gasteiger partial charge in [-0.3, -0.25) is 19.8 Å². The van der Waals surface area contributed by atoms with E-state index in [1.54, 1.807) is 6.92 Å². The van der Waals surface area contributed by atoms with Crippen LogP contribution in [-0.2, 0) is 14.3 Å². The second-order valence-electron chi connectivity index (χ2n) is 2.72. The van der Waals surface area contributed by atoms with Crippen molar-refractivity contribution in [3.63, 3.8) is 0 Å². The van der Waals surface area contributed by atoms with E-state index in [1.165, 1.54) is 7.11 Å². The van der Waals surface area contributed by atoms with Crippen LogP contribution >= 0.6 is 0 Å². The number of nitrogens with zero attached hydrogens (tertiary/aromatic N) is 1. The molecule has 6 nitrogen and oxygen atoms in total. The van der Waals surface area contributed by atoms with Crippen molar-refractivity contribution in [2.75, 3.05) is 13.7 Å². The van der Waals surface area contributed by atoms with Gasteiger partial charge >= 0.3 is 17.8 Å². The topological polar surface area (TPSA) is 75.7 Å². The van der Waals surface area contributed by atoms with Gasteiger partial charge in [-0.25, -0.2) is 4.79 Å². The average Bonchev–Trinajstić information content (AvgIpc) is 2.32. The lowest BCUT2D eigenvalue weighted by molar-refractivity contribution is -0.140. The zero-order chi connectivity index (χ0) is 10.0. The fourth-order valence-corrected chi connectivity index (χ4v) is 0.930. The highest BCUT2D eigenvalue weighted by atomic mass is 16.5. The Kier molecular flexibility index (Phi) is 2.62. The first-order valence-corrected chi connectivity index (χ1v) is 3.76. The summed E-state index contributed by atoms with van der Waals surface area (Å²) in [5.41, 5.74) is 0. The number of hydrogen-bond donors (Lipinski definition) is 1. The van der Waals surface area contributed by atoms with Crippen LogP contribution in [0.5, 0.6) is 0 Å². The van der Waals surface area contributed by atoms with Crippen LogP contribution in [0.25, 0.3) is 0 Å².